The number of halogens is 2. The number of hydrogen-bond acceptors (Lipinski definition) is 2. The molecule has 1 aromatic carbocycles. The molecule has 88 valence electrons. The molecular weight excluding hydrogens is 283 g/mol. The Morgan fingerprint density at radius 1 is 1.18 bits per heavy atom. The highest BCUT2D eigenvalue weighted by atomic mass is 79.9. The molecule has 1 aromatic heterocycles. The second-order valence-corrected chi connectivity index (χ2v) is 4.67. The van der Waals surface area contributed by atoms with E-state index in [-0.39, 0.29) is 5.82 Å². The first-order chi connectivity index (χ1) is 8.08. The van der Waals surface area contributed by atoms with Gasteiger partial charge in [-0.15, -0.1) is 0 Å². The first kappa shape index (κ1) is 12.0. The molecule has 0 saturated heterocycles. The van der Waals surface area contributed by atoms with Crippen LogP contribution in [-0.2, 0) is 0 Å². The van der Waals surface area contributed by atoms with E-state index in [0.29, 0.717) is 5.82 Å². The highest BCUT2D eigenvalue weighted by Crippen LogP contribution is 2.28. The number of nitrogens with one attached hydrogen (secondary N) is 1. The molecule has 17 heavy (non-hydrogen) atoms. The lowest BCUT2D eigenvalue weighted by Gasteiger charge is -2.11. The van der Waals surface area contributed by atoms with Gasteiger partial charge in [0.05, 0.1) is 4.47 Å². The number of nitrogens with zero attached hydrogens (tertiary/aromatic N) is 1. The average Bonchev–Trinajstić information content (AvgIpc) is 2.30. The van der Waals surface area contributed by atoms with Crippen molar-refractivity contribution in [1.29, 1.82) is 0 Å². The third-order valence-corrected chi connectivity index (χ3v) is 3.54. The van der Waals surface area contributed by atoms with Crippen molar-refractivity contribution in [2.24, 2.45) is 0 Å². The van der Waals surface area contributed by atoms with Crippen molar-refractivity contribution in [3.8, 4) is 0 Å². The highest BCUT2D eigenvalue weighted by molar-refractivity contribution is 9.10. The van der Waals surface area contributed by atoms with Crippen LogP contribution in [-0.4, -0.2) is 4.98 Å². The zero-order chi connectivity index (χ0) is 12.4. The predicted molar refractivity (Wildman–Crippen MR) is 71.1 cm³/mol. The third kappa shape index (κ3) is 2.64. The van der Waals surface area contributed by atoms with Gasteiger partial charge in [0.1, 0.15) is 11.6 Å². The number of benzene rings is 1. The monoisotopic (exact) mass is 294 g/mol. The molecule has 0 radical (unpaired) electrons. The summed E-state index contributed by atoms with van der Waals surface area (Å²) in [5.41, 5.74) is 2.78. The predicted octanol–water partition coefficient (Wildman–Crippen LogP) is 4.34. The molecule has 2 nitrogen and oxygen atoms in total. The quantitative estimate of drug-likeness (QED) is 0.891. The van der Waals surface area contributed by atoms with Gasteiger partial charge in [-0.25, -0.2) is 9.37 Å². The van der Waals surface area contributed by atoms with Crippen LogP contribution >= 0.6 is 15.9 Å². The summed E-state index contributed by atoms with van der Waals surface area (Å²) >= 11 is 3.46. The van der Waals surface area contributed by atoms with Gasteiger partial charge in [-0.05, 0) is 59.1 Å². The van der Waals surface area contributed by atoms with E-state index in [4.69, 9.17) is 0 Å². The van der Waals surface area contributed by atoms with E-state index in [0.717, 1.165) is 21.3 Å². The number of aryl methyl sites for hydroxylation is 2. The summed E-state index contributed by atoms with van der Waals surface area (Å²) in [7, 11) is 0. The summed E-state index contributed by atoms with van der Waals surface area (Å²) in [5, 5.41) is 3.12. The minimum atomic E-state index is -0.262. The van der Waals surface area contributed by atoms with E-state index in [1.807, 2.05) is 19.9 Å². The smallest absolute Gasteiger partial charge is 0.144 e. The van der Waals surface area contributed by atoms with E-state index in [2.05, 4.69) is 26.2 Å². The van der Waals surface area contributed by atoms with Crippen LogP contribution in [0.25, 0.3) is 0 Å². The van der Waals surface area contributed by atoms with E-state index in [1.54, 1.807) is 12.3 Å². The van der Waals surface area contributed by atoms with Crippen LogP contribution in [0, 0.1) is 19.7 Å². The van der Waals surface area contributed by atoms with Crippen LogP contribution in [0.2, 0.25) is 0 Å². The van der Waals surface area contributed by atoms with Gasteiger partial charge in [-0.3, -0.25) is 0 Å². The Morgan fingerprint density at radius 2 is 1.94 bits per heavy atom. The van der Waals surface area contributed by atoms with Crippen LogP contribution in [0.5, 0.6) is 0 Å². The maximum atomic E-state index is 13.2. The lowest BCUT2D eigenvalue weighted by atomic mass is 10.2. The van der Waals surface area contributed by atoms with Crippen molar-refractivity contribution in [1.82, 2.24) is 4.98 Å². The van der Waals surface area contributed by atoms with Crippen molar-refractivity contribution in [2.75, 3.05) is 5.32 Å². The van der Waals surface area contributed by atoms with Crippen LogP contribution in [0.4, 0.5) is 15.9 Å². The molecule has 2 aromatic rings. The van der Waals surface area contributed by atoms with Gasteiger partial charge in [-0.1, -0.05) is 6.07 Å². The maximum Gasteiger partial charge on any atom is 0.144 e. The van der Waals surface area contributed by atoms with Gasteiger partial charge in [0.25, 0.3) is 0 Å². The van der Waals surface area contributed by atoms with Crippen molar-refractivity contribution in [3.05, 3.63) is 51.9 Å². The molecule has 1 N–H and O–H groups in total. The molecule has 0 atom stereocenters. The maximum absolute atomic E-state index is 13.2. The second kappa shape index (κ2) is 4.84. The number of hydrogen-bond donors (Lipinski definition) is 1. The molecule has 0 unspecified atom stereocenters. The van der Waals surface area contributed by atoms with Gasteiger partial charge in [-0.2, -0.15) is 0 Å². The zero-order valence-corrected chi connectivity index (χ0v) is 11.2. The topological polar surface area (TPSA) is 24.9 Å². The van der Waals surface area contributed by atoms with Gasteiger partial charge in [0.15, 0.2) is 0 Å². The Morgan fingerprint density at radius 3 is 2.71 bits per heavy atom. The van der Waals surface area contributed by atoms with E-state index in [1.165, 1.54) is 12.1 Å². The summed E-state index contributed by atoms with van der Waals surface area (Å²) in [5.74, 6) is 0.431. The fourth-order valence-electron chi connectivity index (χ4n) is 1.48. The van der Waals surface area contributed by atoms with Crippen LogP contribution in [0.3, 0.4) is 0 Å². The van der Waals surface area contributed by atoms with Gasteiger partial charge < -0.3 is 5.32 Å². The number of pyridine rings is 1. The van der Waals surface area contributed by atoms with E-state index in [9.17, 15) is 4.39 Å². The molecule has 0 spiro atoms. The van der Waals surface area contributed by atoms with E-state index >= 15 is 0 Å². The molecule has 0 aliphatic carbocycles. The van der Waals surface area contributed by atoms with Gasteiger partial charge in [0, 0.05) is 11.9 Å². The standard InChI is InChI=1S/C13H12BrFN2/c1-8-3-4-10(15)7-11(8)17-13-12(14)9(2)5-6-16-13/h3-7H,1-2H3,(H,16,17). The molecule has 0 aliphatic heterocycles. The molecule has 0 aliphatic rings. The summed E-state index contributed by atoms with van der Waals surface area (Å²) in [4.78, 5) is 4.22. The largest absolute Gasteiger partial charge is 0.339 e. The zero-order valence-electron chi connectivity index (χ0n) is 9.59. The Hall–Kier alpha value is -1.42. The second-order valence-electron chi connectivity index (χ2n) is 3.87. The third-order valence-electron chi connectivity index (χ3n) is 2.53. The Bertz CT molecular complexity index is 555. The van der Waals surface area contributed by atoms with Crippen LogP contribution in [0.1, 0.15) is 11.1 Å². The normalized spacial score (nSPS) is 10.4. The fraction of sp³-hybridized carbons (Fsp3) is 0.154. The summed E-state index contributed by atoms with van der Waals surface area (Å²) in [6, 6.07) is 6.56. The highest BCUT2D eigenvalue weighted by Gasteiger charge is 2.06. The molecule has 1 heterocycles. The van der Waals surface area contributed by atoms with Crippen molar-refractivity contribution in [3.63, 3.8) is 0 Å². The Balaban J connectivity index is 2.38. The fourth-order valence-corrected chi connectivity index (χ4v) is 1.82. The minimum Gasteiger partial charge on any atom is -0.339 e. The van der Waals surface area contributed by atoms with E-state index < -0.39 is 0 Å². The molecule has 0 amide bonds. The minimum absolute atomic E-state index is 0.262. The Kier molecular flexibility index (Phi) is 3.43. The SMILES string of the molecule is Cc1ccc(F)cc1Nc1nccc(C)c1Br. The molecule has 0 fully saturated rings. The summed E-state index contributed by atoms with van der Waals surface area (Å²) < 4.78 is 14.0. The average molecular weight is 295 g/mol. The molecule has 0 bridgehead atoms. The van der Waals surface area contributed by atoms with Crippen LogP contribution in [0.15, 0.2) is 34.9 Å². The van der Waals surface area contributed by atoms with Gasteiger partial charge in [0.2, 0.25) is 0 Å². The molecule has 4 heteroatoms. The molecule has 0 saturated carbocycles. The number of rotatable bonds is 2. The first-order valence-electron chi connectivity index (χ1n) is 5.22. The number of aromatic nitrogens is 1. The number of anilines is 2. The molecule has 2 rings (SSSR count). The first-order valence-corrected chi connectivity index (χ1v) is 6.01. The molecular formula is C13H12BrFN2. The van der Waals surface area contributed by atoms with Gasteiger partial charge >= 0.3 is 0 Å². The van der Waals surface area contributed by atoms with Crippen molar-refractivity contribution in [2.45, 2.75) is 13.8 Å². The van der Waals surface area contributed by atoms with Crippen molar-refractivity contribution < 1.29 is 4.39 Å². The Labute approximate surface area is 108 Å². The summed E-state index contributed by atoms with van der Waals surface area (Å²) in [6.45, 7) is 3.90. The van der Waals surface area contributed by atoms with Crippen molar-refractivity contribution >= 4 is 27.4 Å². The van der Waals surface area contributed by atoms with Crippen LogP contribution < -0.4 is 5.32 Å². The lowest BCUT2D eigenvalue weighted by molar-refractivity contribution is 0.628. The lowest BCUT2D eigenvalue weighted by Crippen LogP contribution is -1.98. The summed E-state index contributed by atoms with van der Waals surface area (Å²) in [6.07, 6.45) is 1.72.